The zero-order valence-corrected chi connectivity index (χ0v) is 26.0. The van der Waals surface area contributed by atoms with E-state index in [0.29, 0.717) is 27.8 Å². The van der Waals surface area contributed by atoms with Gasteiger partial charge in [-0.2, -0.15) is 12.7 Å². The highest BCUT2D eigenvalue weighted by molar-refractivity contribution is 7.90. The Kier molecular flexibility index (Phi) is 11.6. The maximum atomic E-state index is 14.2. The van der Waals surface area contributed by atoms with Crippen LogP contribution in [0.3, 0.4) is 0 Å². The molecule has 0 spiro atoms. The van der Waals surface area contributed by atoms with E-state index >= 15 is 0 Å². The summed E-state index contributed by atoms with van der Waals surface area (Å²) in [6, 6.07) is 21.7. The van der Waals surface area contributed by atoms with Crippen LogP contribution in [0.5, 0.6) is 0 Å². The first-order valence-corrected chi connectivity index (χ1v) is 15.4. The number of hydrogen-bond donors (Lipinski definition) is 1. The molecule has 3 rings (SSSR count). The molecule has 0 fully saturated rings. The third-order valence-corrected chi connectivity index (χ3v) is 8.78. The van der Waals surface area contributed by atoms with Crippen LogP contribution < -0.4 is 9.62 Å². The summed E-state index contributed by atoms with van der Waals surface area (Å²) in [4.78, 5) is 29.3. The van der Waals surface area contributed by atoms with Crippen LogP contribution in [0.2, 0.25) is 10.0 Å². The van der Waals surface area contributed by atoms with Crippen LogP contribution in [-0.4, -0.2) is 62.7 Å². The summed E-state index contributed by atoms with van der Waals surface area (Å²) in [5.41, 5.74) is 1.74. The second-order valence-corrected chi connectivity index (χ2v) is 13.1. The molecule has 0 aliphatic carbocycles. The van der Waals surface area contributed by atoms with Crippen LogP contribution in [0.15, 0.2) is 78.9 Å². The monoisotopic (exact) mass is 618 g/mol. The lowest BCUT2D eigenvalue weighted by Crippen LogP contribution is -2.54. The van der Waals surface area contributed by atoms with Crippen LogP contribution >= 0.6 is 23.2 Å². The van der Waals surface area contributed by atoms with Crippen molar-refractivity contribution in [2.45, 2.75) is 32.9 Å². The molecule has 1 atom stereocenters. The maximum absolute atomic E-state index is 14.2. The molecule has 8 nitrogen and oxygen atoms in total. The van der Waals surface area contributed by atoms with E-state index in [1.165, 1.54) is 19.0 Å². The highest BCUT2D eigenvalue weighted by Crippen LogP contribution is 2.25. The Labute approximate surface area is 253 Å². The van der Waals surface area contributed by atoms with E-state index in [2.05, 4.69) is 5.32 Å². The zero-order valence-electron chi connectivity index (χ0n) is 23.6. The number of nitrogens with zero attached hydrogens (tertiary/aromatic N) is 3. The van der Waals surface area contributed by atoms with Crippen LogP contribution in [0.4, 0.5) is 5.69 Å². The molecule has 0 aliphatic heterocycles. The number of hydrogen-bond acceptors (Lipinski definition) is 4. The minimum absolute atomic E-state index is 0.0356. The van der Waals surface area contributed by atoms with E-state index in [1.807, 2.05) is 44.2 Å². The van der Waals surface area contributed by atoms with Gasteiger partial charge >= 0.3 is 10.2 Å². The smallest absolute Gasteiger partial charge is 0.304 e. The molecule has 1 unspecified atom stereocenters. The molecule has 0 heterocycles. The minimum atomic E-state index is -4.06. The Balaban J connectivity index is 2.10. The quantitative estimate of drug-likeness (QED) is 0.291. The molecule has 0 aliphatic rings. The number of carbonyl (C=O) groups is 2. The highest BCUT2D eigenvalue weighted by atomic mass is 35.5. The van der Waals surface area contributed by atoms with Crippen molar-refractivity contribution in [3.05, 3.63) is 100 Å². The van der Waals surface area contributed by atoms with Crippen molar-refractivity contribution < 1.29 is 18.0 Å². The molecule has 0 bridgehead atoms. The van der Waals surface area contributed by atoms with Crippen molar-refractivity contribution in [3.8, 4) is 0 Å². The Morgan fingerprint density at radius 3 is 2.07 bits per heavy atom. The number of amides is 2. The number of para-hydroxylation sites is 1. The van der Waals surface area contributed by atoms with Gasteiger partial charge in [-0.1, -0.05) is 91.6 Å². The predicted molar refractivity (Wildman–Crippen MR) is 165 cm³/mol. The number of benzene rings is 3. The summed E-state index contributed by atoms with van der Waals surface area (Å²) in [7, 11) is -1.26. The predicted octanol–water partition coefficient (Wildman–Crippen LogP) is 5.02. The van der Waals surface area contributed by atoms with Gasteiger partial charge in [0.15, 0.2) is 0 Å². The van der Waals surface area contributed by atoms with Gasteiger partial charge in [0.1, 0.15) is 12.6 Å². The fraction of sp³-hybridized carbons (Fsp3) is 0.333. The Hall–Kier alpha value is -3.11. The summed E-state index contributed by atoms with van der Waals surface area (Å²) in [5.74, 6) is -0.723. The molecule has 0 saturated heterocycles. The summed E-state index contributed by atoms with van der Waals surface area (Å²) in [5, 5.41) is 3.71. The number of halogens is 2. The number of carbonyl (C=O) groups excluding carboxylic acids is 2. The summed E-state index contributed by atoms with van der Waals surface area (Å²) in [6.07, 6.45) is 0.216. The third-order valence-electron chi connectivity index (χ3n) is 6.37. The lowest BCUT2D eigenvalue weighted by atomic mass is 10.0. The fourth-order valence-corrected chi connectivity index (χ4v) is 5.65. The second kappa shape index (κ2) is 14.7. The van der Waals surface area contributed by atoms with E-state index in [9.17, 15) is 18.0 Å². The van der Waals surface area contributed by atoms with Gasteiger partial charge in [0.25, 0.3) is 0 Å². The molecule has 3 aromatic carbocycles. The maximum Gasteiger partial charge on any atom is 0.304 e. The van der Waals surface area contributed by atoms with E-state index in [1.54, 1.807) is 48.5 Å². The Morgan fingerprint density at radius 2 is 1.51 bits per heavy atom. The van der Waals surface area contributed by atoms with Gasteiger partial charge in [-0.15, -0.1) is 0 Å². The number of rotatable bonds is 13. The first-order chi connectivity index (χ1) is 19.4. The van der Waals surface area contributed by atoms with E-state index in [0.717, 1.165) is 14.2 Å². The molecule has 2 amide bonds. The average Bonchev–Trinajstić information content (AvgIpc) is 2.94. The van der Waals surface area contributed by atoms with Gasteiger partial charge in [0, 0.05) is 43.7 Å². The summed E-state index contributed by atoms with van der Waals surface area (Å²) in [6.45, 7) is 3.81. The lowest BCUT2D eigenvalue weighted by molar-refractivity contribution is -0.140. The van der Waals surface area contributed by atoms with Crippen LogP contribution in [0.1, 0.15) is 25.0 Å². The number of nitrogens with one attached hydrogen (secondary N) is 1. The van der Waals surface area contributed by atoms with Crippen LogP contribution in [-0.2, 0) is 32.8 Å². The normalized spacial score (nSPS) is 12.3. The molecule has 0 radical (unpaired) electrons. The van der Waals surface area contributed by atoms with E-state index in [-0.39, 0.29) is 24.8 Å². The van der Waals surface area contributed by atoms with Gasteiger partial charge in [-0.05, 0) is 41.3 Å². The molecule has 11 heteroatoms. The van der Waals surface area contributed by atoms with Crippen molar-refractivity contribution in [2.24, 2.45) is 5.92 Å². The molecule has 1 N–H and O–H groups in total. The Morgan fingerprint density at radius 1 is 0.902 bits per heavy atom. The van der Waals surface area contributed by atoms with Crippen molar-refractivity contribution in [3.63, 3.8) is 0 Å². The average molecular weight is 620 g/mol. The van der Waals surface area contributed by atoms with Crippen LogP contribution in [0.25, 0.3) is 0 Å². The fourth-order valence-electron chi connectivity index (χ4n) is 4.12. The van der Waals surface area contributed by atoms with Crippen LogP contribution in [0, 0.1) is 5.92 Å². The van der Waals surface area contributed by atoms with Gasteiger partial charge in [0.2, 0.25) is 11.8 Å². The van der Waals surface area contributed by atoms with Gasteiger partial charge in [-0.3, -0.25) is 9.59 Å². The van der Waals surface area contributed by atoms with Gasteiger partial charge in [0.05, 0.1) is 5.69 Å². The van der Waals surface area contributed by atoms with E-state index < -0.39 is 28.7 Å². The van der Waals surface area contributed by atoms with Gasteiger partial charge < -0.3 is 10.2 Å². The van der Waals surface area contributed by atoms with Crippen molar-refractivity contribution in [1.29, 1.82) is 0 Å². The van der Waals surface area contributed by atoms with Crippen molar-refractivity contribution in [2.75, 3.05) is 31.5 Å². The molecular formula is C30H36Cl2N4O4S. The standard InChI is InChI=1S/C30H36Cl2N4O4S/c1-22(2)19-33-30(38)28(17-23-11-7-5-8-12-23)35(20-24-15-16-25(31)18-27(24)32)29(37)21-36(41(39,40)34(3)4)26-13-9-6-10-14-26/h5-16,18,22,28H,17,19-21H2,1-4H3,(H,33,38). The SMILES string of the molecule is CC(C)CNC(=O)C(Cc1ccccc1)N(Cc1ccc(Cl)cc1Cl)C(=O)CN(c1ccccc1)S(=O)(=O)N(C)C. The lowest BCUT2D eigenvalue weighted by Gasteiger charge is -2.34. The molecular weight excluding hydrogens is 583 g/mol. The number of anilines is 1. The zero-order chi connectivity index (χ0) is 30.2. The third kappa shape index (κ3) is 8.94. The summed E-state index contributed by atoms with van der Waals surface area (Å²) >= 11 is 12.6. The molecule has 0 saturated carbocycles. The van der Waals surface area contributed by atoms with Crippen molar-refractivity contribution in [1.82, 2.24) is 14.5 Å². The molecule has 0 aromatic heterocycles. The minimum Gasteiger partial charge on any atom is -0.354 e. The largest absolute Gasteiger partial charge is 0.354 e. The molecule has 41 heavy (non-hydrogen) atoms. The van der Waals surface area contributed by atoms with Gasteiger partial charge in [-0.25, -0.2) is 4.31 Å². The first kappa shape index (κ1) is 32.4. The Bertz CT molecular complexity index is 1420. The second-order valence-electron chi connectivity index (χ2n) is 10.2. The highest BCUT2D eigenvalue weighted by Gasteiger charge is 2.35. The van der Waals surface area contributed by atoms with E-state index in [4.69, 9.17) is 23.2 Å². The first-order valence-electron chi connectivity index (χ1n) is 13.2. The summed E-state index contributed by atoms with van der Waals surface area (Å²) < 4.78 is 28.8. The molecule has 3 aromatic rings. The topological polar surface area (TPSA) is 90.0 Å². The molecule has 220 valence electrons. The van der Waals surface area contributed by atoms with Crippen molar-refractivity contribution >= 4 is 50.9 Å².